The van der Waals surface area contributed by atoms with E-state index in [9.17, 15) is 14.9 Å². The first-order chi connectivity index (χ1) is 15.9. The van der Waals surface area contributed by atoms with Crippen LogP contribution in [0.2, 0.25) is 0 Å². The van der Waals surface area contributed by atoms with Crippen molar-refractivity contribution in [3.63, 3.8) is 0 Å². The second-order valence-electron chi connectivity index (χ2n) is 7.04. The number of carbonyl (C=O) groups is 1. The minimum Gasteiger partial charge on any atom is -0.491 e. The number of nitro benzene ring substituents is 1. The molecule has 0 N–H and O–H groups in total. The molecule has 0 atom stereocenters. The van der Waals surface area contributed by atoms with E-state index in [1.807, 2.05) is 30.3 Å². The maximum Gasteiger partial charge on any atom is 0.363 e. The zero-order chi connectivity index (χ0) is 23.4. The molecular weight excluding hydrogens is 650 g/mol. The zero-order valence-electron chi connectivity index (χ0n) is 17.0. The summed E-state index contributed by atoms with van der Waals surface area (Å²) in [7, 11) is 0. The molecule has 0 fully saturated rings. The Morgan fingerprint density at radius 2 is 1.70 bits per heavy atom. The van der Waals surface area contributed by atoms with Gasteiger partial charge in [0.05, 0.1) is 18.7 Å². The molecule has 1 aliphatic heterocycles. The number of rotatable bonds is 7. The van der Waals surface area contributed by atoms with Crippen LogP contribution in [0.4, 0.5) is 5.69 Å². The fraction of sp³-hybridized carbons (Fsp3) is 0.0833. The van der Waals surface area contributed by atoms with E-state index in [-0.39, 0.29) is 17.3 Å². The van der Waals surface area contributed by atoms with E-state index >= 15 is 0 Å². The first-order valence-corrected chi connectivity index (χ1v) is 12.0. The van der Waals surface area contributed by atoms with Crippen LogP contribution in [-0.4, -0.2) is 23.4 Å². The van der Waals surface area contributed by atoms with Gasteiger partial charge in [-0.3, -0.25) is 10.1 Å². The minimum absolute atomic E-state index is 0.0466. The molecule has 3 aromatic carbocycles. The smallest absolute Gasteiger partial charge is 0.363 e. The summed E-state index contributed by atoms with van der Waals surface area (Å²) in [6, 6.07) is 19.7. The fourth-order valence-electron chi connectivity index (χ4n) is 3.13. The monoisotopic (exact) mass is 666 g/mol. The molecule has 0 saturated heterocycles. The van der Waals surface area contributed by atoms with Gasteiger partial charge >= 0.3 is 5.97 Å². The van der Waals surface area contributed by atoms with Crippen LogP contribution >= 0.6 is 45.2 Å². The molecule has 0 aliphatic carbocycles. The van der Waals surface area contributed by atoms with Crippen LogP contribution in [0.5, 0.6) is 5.75 Å². The third kappa shape index (κ3) is 5.77. The predicted octanol–water partition coefficient (Wildman–Crippen LogP) is 5.77. The van der Waals surface area contributed by atoms with Crippen molar-refractivity contribution in [1.82, 2.24) is 0 Å². The summed E-state index contributed by atoms with van der Waals surface area (Å²) in [6.45, 7) is 0.561. The first-order valence-electron chi connectivity index (χ1n) is 9.84. The van der Waals surface area contributed by atoms with E-state index in [1.54, 1.807) is 6.08 Å². The molecule has 0 unspecified atom stereocenters. The second-order valence-corrected chi connectivity index (χ2v) is 9.36. The lowest BCUT2D eigenvalue weighted by molar-refractivity contribution is -0.384. The van der Waals surface area contributed by atoms with Crippen molar-refractivity contribution < 1.29 is 19.2 Å². The summed E-state index contributed by atoms with van der Waals surface area (Å²) in [5.41, 5.74) is 2.61. The molecule has 0 saturated carbocycles. The minimum atomic E-state index is -0.573. The van der Waals surface area contributed by atoms with Gasteiger partial charge in [-0.1, -0.05) is 30.3 Å². The Labute approximate surface area is 217 Å². The van der Waals surface area contributed by atoms with Crippen molar-refractivity contribution in [2.75, 3.05) is 6.61 Å². The quantitative estimate of drug-likeness (QED) is 0.105. The molecule has 1 aliphatic rings. The third-order valence-corrected chi connectivity index (χ3v) is 6.35. The normalized spacial score (nSPS) is 14.2. The van der Waals surface area contributed by atoms with Crippen molar-refractivity contribution in [1.29, 1.82) is 0 Å². The lowest BCUT2D eigenvalue weighted by atomic mass is 10.1. The number of hydrogen-bond acceptors (Lipinski definition) is 6. The Morgan fingerprint density at radius 1 is 1.03 bits per heavy atom. The summed E-state index contributed by atoms with van der Waals surface area (Å²) in [5.74, 6) is 0.348. The Balaban J connectivity index is 1.49. The van der Waals surface area contributed by atoms with Crippen LogP contribution < -0.4 is 4.74 Å². The zero-order valence-corrected chi connectivity index (χ0v) is 21.3. The highest BCUT2D eigenvalue weighted by Crippen LogP contribution is 2.31. The molecule has 166 valence electrons. The van der Waals surface area contributed by atoms with Gasteiger partial charge in [-0.2, -0.15) is 0 Å². The summed E-state index contributed by atoms with van der Waals surface area (Å²) in [6.07, 6.45) is 2.46. The maximum absolute atomic E-state index is 12.3. The third-order valence-electron chi connectivity index (χ3n) is 4.75. The second kappa shape index (κ2) is 10.4. The lowest BCUT2D eigenvalue weighted by Gasteiger charge is -2.11. The molecule has 0 radical (unpaired) electrons. The Kier molecular flexibility index (Phi) is 7.38. The van der Waals surface area contributed by atoms with E-state index in [4.69, 9.17) is 9.47 Å². The van der Waals surface area contributed by atoms with Gasteiger partial charge in [-0.05, 0) is 86.7 Å². The summed E-state index contributed by atoms with van der Waals surface area (Å²) in [5, 5.41) is 10.8. The number of halogens is 2. The Hall–Kier alpha value is -2.80. The Bertz CT molecular complexity index is 1250. The van der Waals surface area contributed by atoms with E-state index in [1.165, 1.54) is 29.8 Å². The number of nitrogens with zero attached hydrogens (tertiary/aromatic N) is 2. The van der Waals surface area contributed by atoms with Crippen LogP contribution in [0, 0.1) is 17.3 Å². The van der Waals surface area contributed by atoms with E-state index in [0.29, 0.717) is 12.2 Å². The highest BCUT2D eigenvalue weighted by atomic mass is 127. The topological polar surface area (TPSA) is 91.0 Å². The molecule has 33 heavy (non-hydrogen) atoms. The van der Waals surface area contributed by atoms with E-state index in [2.05, 4.69) is 62.3 Å². The van der Waals surface area contributed by atoms with Crippen LogP contribution in [0.25, 0.3) is 6.08 Å². The van der Waals surface area contributed by atoms with E-state index in [0.717, 1.165) is 24.9 Å². The number of aliphatic imine (C=N–C) groups is 1. The van der Waals surface area contributed by atoms with Gasteiger partial charge in [0.1, 0.15) is 5.75 Å². The summed E-state index contributed by atoms with van der Waals surface area (Å²) >= 11 is 4.43. The number of non-ortho nitro benzene ring substituents is 1. The van der Waals surface area contributed by atoms with Gasteiger partial charge in [0.15, 0.2) is 5.70 Å². The standard InChI is InChI=1S/C24H16I2N2O5/c25-19-12-16(13-20(26)22(19)32-11-10-15-4-2-1-3-5-15)14-21-24(29)33-23(27-21)17-6-8-18(9-7-17)28(30)31/h1-9,12-14H,10-11H2/b21-14-. The average Bonchev–Trinajstić information content (AvgIpc) is 3.16. The first kappa shape index (κ1) is 23.4. The largest absolute Gasteiger partial charge is 0.491 e. The number of ether oxygens (including phenoxy) is 2. The Morgan fingerprint density at radius 3 is 2.33 bits per heavy atom. The van der Waals surface area contributed by atoms with Gasteiger partial charge < -0.3 is 9.47 Å². The van der Waals surface area contributed by atoms with E-state index < -0.39 is 10.9 Å². The van der Waals surface area contributed by atoms with Gasteiger partial charge in [0, 0.05) is 24.1 Å². The van der Waals surface area contributed by atoms with Crippen molar-refractivity contribution >= 4 is 68.8 Å². The molecule has 0 aromatic heterocycles. The number of hydrogen-bond donors (Lipinski definition) is 0. The number of nitro groups is 1. The predicted molar refractivity (Wildman–Crippen MR) is 141 cm³/mol. The SMILES string of the molecule is O=C1OC(c2ccc([N+](=O)[O-])cc2)=N/C1=C\c1cc(I)c(OCCc2ccccc2)c(I)c1. The van der Waals surface area contributed by atoms with Gasteiger partial charge in [-0.15, -0.1) is 0 Å². The highest BCUT2D eigenvalue weighted by Gasteiger charge is 2.25. The van der Waals surface area contributed by atoms with Crippen molar-refractivity contribution in [2.24, 2.45) is 4.99 Å². The fourth-order valence-corrected chi connectivity index (χ4v) is 5.26. The summed E-state index contributed by atoms with van der Waals surface area (Å²) < 4.78 is 13.1. The molecular formula is C24H16I2N2O5. The van der Waals surface area contributed by atoms with Gasteiger partial charge in [0.2, 0.25) is 5.90 Å². The van der Waals surface area contributed by atoms with Crippen molar-refractivity contribution in [2.45, 2.75) is 6.42 Å². The van der Waals surface area contributed by atoms with Crippen molar-refractivity contribution in [3.05, 3.63) is 106 Å². The lowest BCUT2D eigenvalue weighted by Crippen LogP contribution is -2.05. The number of cyclic esters (lactones) is 1. The molecule has 1 heterocycles. The molecule has 0 amide bonds. The molecule has 3 aromatic rings. The molecule has 0 spiro atoms. The molecule has 7 nitrogen and oxygen atoms in total. The summed E-state index contributed by atoms with van der Waals surface area (Å²) in [4.78, 5) is 26.9. The van der Waals surface area contributed by atoms with Crippen molar-refractivity contribution in [3.8, 4) is 5.75 Å². The highest BCUT2D eigenvalue weighted by molar-refractivity contribution is 14.1. The van der Waals surface area contributed by atoms with Crippen LogP contribution in [-0.2, 0) is 16.0 Å². The number of benzene rings is 3. The van der Waals surface area contributed by atoms with Gasteiger partial charge in [0.25, 0.3) is 5.69 Å². The van der Waals surface area contributed by atoms with Gasteiger partial charge in [-0.25, -0.2) is 9.79 Å². The van der Waals surface area contributed by atoms with Crippen LogP contribution in [0.1, 0.15) is 16.7 Å². The molecule has 9 heteroatoms. The van der Waals surface area contributed by atoms with Crippen LogP contribution in [0.15, 0.2) is 77.4 Å². The molecule has 4 rings (SSSR count). The number of esters is 1. The average molecular weight is 666 g/mol. The van der Waals surface area contributed by atoms with Crippen LogP contribution in [0.3, 0.4) is 0 Å². The maximum atomic E-state index is 12.3. The number of carbonyl (C=O) groups excluding carboxylic acids is 1. The molecule has 0 bridgehead atoms.